The molecule has 22 heavy (non-hydrogen) atoms. The first-order chi connectivity index (χ1) is 10.6. The van der Waals surface area contributed by atoms with Gasteiger partial charge in [0.15, 0.2) is 5.13 Å². The second kappa shape index (κ2) is 6.85. The van der Waals surface area contributed by atoms with E-state index < -0.39 is 11.7 Å². The monoisotopic (exact) mass is 383 g/mol. The maximum Gasteiger partial charge on any atom is 0.260 e. The van der Waals surface area contributed by atoms with E-state index in [1.807, 2.05) is 6.20 Å². The Bertz CT molecular complexity index is 685. The van der Waals surface area contributed by atoms with Gasteiger partial charge in [-0.3, -0.25) is 10.1 Å². The summed E-state index contributed by atoms with van der Waals surface area (Å²) in [6, 6.07) is 4.37. The van der Waals surface area contributed by atoms with Gasteiger partial charge < -0.3 is 5.32 Å². The fraction of sp³-hybridized carbons (Fsp3) is 0.333. The molecular weight excluding hydrogens is 369 g/mol. The second-order valence-electron chi connectivity index (χ2n) is 5.17. The zero-order chi connectivity index (χ0) is 15.5. The molecule has 0 unspecified atom stereocenters. The summed E-state index contributed by atoms with van der Waals surface area (Å²) < 4.78 is 14.4. The van der Waals surface area contributed by atoms with Crippen LogP contribution in [-0.2, 0) is 0 Å². The molecule has 2 heterocycles. The summed E-state index contributed by atoms with van der Waals surface area (Å²) in [7, 11) is 0. The Morgan fingerprint density at radius 3 is 2.91 bits per heavy atom. The number of carbonyl (C=O) groups excluding carboxylic acids is 1. The molecule has 1 amide bonds. The van der Waals surface area contributed by atoms with Gasteiger partial charge in [0.2, 0.25) is 0 Å². The molecule has 0 bridgehead atoms. The molecule has 0 aliphatic carbocycles. The largest absolute Gasteiger partial charge is 0.317 e. The van der Waals surface area contributed by atoms with Gasteiger partial charge in [-0.15, -0.1) is 11.3 Å². The SMILES string of the molecule is O=C(Nc1ncc(C2CCNCC2)s1)c1ccc(Br)cc1F. The molecule has 1 fully saturated rings. The van der Waals surface area contributed by atoms with Gasteiger partial charge in [-0.05, 0) is 50.0 Å². The summed E-state index contributed by atoms with van der Waals surface area (Å²) in [6.45, 7) is 2.02. The molecule has 2 aromatic rings. The lowest BCUT2D eigenvalue weighted by molar-refractivity contribution is 0.102. The fourth-order valence-electron chi connectivity index (χ4n) is 2.48. The predicted molar refractivity (Wildman–Crippen MR) is 89.0 cm³/mol. The van der Waals surface area contributed by atoms with E-state index >= 15 is 0 Å². The van der Waals surface area contributed by atoms with Crippen LogP contribution in [0.4, 0.5) is 9.52 Å². The van der Waals surface area contributed by atoms with Crippen molar-refractivity contribution < 1.29 is 9.18 Å². The second-order valence-corrected chi connectivity index (χ2v) is 7.15. The number of aromatic nitrogens is 1. The van der Waals surface area contributed by atoms with E-state index in [2.05, 4.69) is 31.5 Å². The van der Waals surface area contributed by atoms with Gasteiger partial charge in [0.05, 0.1) is 5.56 Å². The maximum atomic E-state index is 13.8. The number of rotatable bonds is 3. The molecule has 1 saturated heterocycles. The standard InChI is InChI=1S/C15H15BrFN3OS/c16-10-1-2-11(12(17)7-10)14(21)20-15-19-8-13(22-15)9-3-5-18-6-4-9/h1-2,7-9,18H,3-6H2,(H,19,20,21). The van der Waals surface area contributed by atoms with E-state index in [1.165, 1.54) is 28.3 Å². The molecular formula is C15H15BrFN3OS. The third-order valence-electron chi connectivity index (χ3n) is 3.66. The van der Waals surface area contributed by atoms with Crippen LogP contribution >= 0.6 is 27.3 Å². The maximum absolute atomic E-state index is 13.8. The van der Waals surface area contributed by atoms with Crippen LogP contribution in [0.25, 0.3) is 0 Å². The van der Waals surface area contributed by atoms with Crippen LogP contribution in [0.1, 0.15) is 34.0 Å². The lowest BCUT2D eigenvalue weighted by Crippen LogP contribution is -2.26. The number of hydrogen-bond donors (Lipinski definition) is 2. The molecule has 3 rings (SSSR count). The van der Waals surface area contributed by atoms with Crippen LogP contribution in [-0.4, -0.2) is 24.0 Å². The van der Waals surface area contributed by atoms with Crippen molar-refractivity contribution in [2.45, 2.75) is 18.8 Å². The van der Waals surface area contributed by atoms with Crippen LogP contribution in [0, 0.1) is 5.82 Å². The number of amides is 1. The molecule has 1 aromatic carbocycles. The highest BCUT2D eigenvalue weighted by Crippen LogP contribution is 2.31. The van der Waals surface area contributed by atoms with E-state index in [-0.39, 0.29) is 5.56 Å². The molecule has 1 aliphatic heterocycles. The zero-order valence-electron chi connectivity index (χ0n) is 11.7. The third-order valence-corrected chi connectivity index (χ3v) is 5.23. The van der Waals surface area contributed by atoms with E-state index in [1.54, 1.807) is 6.07 Å². The van der Waals surface area contributed by atoms with Gasteiger partial charge in [-0.1, -0.05) is 15.9 Å². The first-order valence-electron chi connectivity index (χ1n) is 7.06. The lowest BCUT2D eigenvalue weighted by Gasteiger charge is -2.20. The fourth-order valence-corrected chi connectivity index (χ4v) is 3.79. The number of anilines is 1. The van der Waals surface area contributed by atoms with E-state index in [4.69, 9.17) is 0 Å². The molecule has 1 aromatic heterocycles. The average molecular weight is 384 g/mol. The normalized spacial score (nSPS) is 15.7. The number of benzene rings is 1. The molecule has 2 N–H and O–H groups in total. The minimum Gasteiger partial charge on any atom is -0.317 e. The van der Waals surface area contributed by atoms with Crippen LogP contribution in [0.3, 0.4) is 0 Å². The highest BCUT2D eigenvalue weighted by Gasteiger charge is 2.19. The summed E-state index contributed by atoms with van der Waals surface area (Å²) in [5.74, 6) is -0.535. The molecule has 0 saturated carbocycles. The molecule has 0 spiro atoms. The van der Waals surface area contributed by atoms with Crippen molar-refractivity contribution in [2.75, 3.05) is 18.4 Å². The van der Waals surface area contributed by atoms with Crippen LogP contribution in [0.15, 0.2) is 28.9 Å². The van der Waals surface area contributed by atoms with Crippen LogP contribution in [0.2, 0.25) is 0 Å². The minimum atomic E-state index is -0.554. The van der Waals surface area contributed by atoms with Crippen molar-refractivity contribution >= 4 is 38.3 Å². The van der Waals surface area contributed by atoms with Crippen LogP contribution in [0.5, 0.6) is 0 Å². The molecule has 0 radical (unpaired) electrons. The topological polar surface area (TPSA) is 54.0 Å². The molecule has 7 heteroatoms. The van der Waals surface area contributed by atoms with Gasteiger partial charge in [0.1, 0.15) is 5.82 Å². The van der Waals surface area contributed by atoms with E-state index in [0.29, 0.717) is 15.5 Å². The van der Waals surface area contributed by atoms with Crippen molar-refractivity contribution in [2.24, 2.45) is 0 Å². The molecule has 4 nitrogen and oxygen atoms in total. The van der Waals surface area contributed by atoms with Crippen molar-refractivity contribution in [3.05, 3.63) is 45.1 Å². The number of carbonyl (C=O) groups is 1. The van der Waals surface area contributed by atoms with Crippen molar-refractivity contribution in [3.63, 3.8) is 0 Å². The highest BCUT2D eigenvalue weighted by atomic mass is 79.9. The zero-order valence-corrected chi connectivity index (χ0v) is 14.1. The molecule has 1 aliphatic rings. The van der Waals surface area contributed by atoms with Gasteiger partial charge >= 0.3 is 0 Å². The number of halogens is 2. The Labute approximate surface area is 140 Å². The summed E-state index contributed by atoms with van der Waals surface area (Å²) in [4.78, 5) is 17.5. The van der Waals surface area contributed by atoms with Crippen molar-refractivity contribution in [1.29, 1.82) is 0 Å². The molecule has 0 atom stereocenters. The highest BCUT2D eigenvalue weighted by molar-refractivity contribution is 9.10. The van der Waals surface area contributed by atoms with Crippen molar-refractivity contribution in [1.82, 2.24) is 10.3 Å². The predicted octanol–water partition coefficient (Wildman–Crippen LogP) is 3.76. The van der Waals surface area contributed by atoms with Crippen LogP contribution < -0.4 is 10.6 Å². The average Bonchev–Trinajstić information content (AvgIpc) is 2.96. The van der Waals surface area contributed by atoms with Gasteiger partial charge in [0, 0.05) is 15.5 Å². The van der Waals surface area contributed by atoms with E-state index in [9.17, 15) is 9.18 Å². The first kappa shape index (κ1) is 15.6. The Morgan fingerprint density at radius 1 is 1.41 bits per heavy atom. The summed E-state index contributed by atoms with van der Waals surface area (Å²) in [5.41, 5.74) is 0.0156. The quantitative estimate of drug-likeness (QED) is 0.847. The number of nitrogens with one attached hydrogen (secondary N) is 2. The number of thiazole rings is 1. The lowest BCUT2D eigenvalue weighted by atomic mass is 9.97. The minimum absolute atomic E-state index is 0.0156. The van der Waals surface area contributed by atoms with E-state index in [0.717, 1.165) is 25.9 Å². The van der Waals surface area contributed by atoms with Crippen molar-refractivity contribution in [3.8, 4) is 0 Å². The number of hydrogen-bond acceptors (Lipinski definition) is 4. The van der Waals surface area contributed by atoms with Gasteiger partial charge in [0.25, 0.3) is 5.91 Å². The van der Waals surface area contributed by atoms with Gasteiger partial charge in [-0.25, -0.2) is 9.37 Å². The molecule has 116 valence electrons. The first-order valence-corrected chi connectivity index (χ1v) is 8.67. The summed E-state index contributed by atoms with van der Waals surface area (Å²) >= 11 is 4.64. The number of piperidine rings is 1. The summed E-state index contributed by atoms with van der Waals surface area (Å²) in [6.07, 6.45) is 3.97. The Balaban J connectivity index is 1.70. The number of nitrogens with zero attached hydrogens (tertiary/aromatic N) is 1. The Morgan fingerprint density at radius 2 is 2.18 bits per heavy atom. The van der Waals surface area contributed by atoms with Gasteiger partial charge in [-0.2, -0.15) is 0 Å². The third kappa shape index (κ3) is 3.53. The Hall–Kier alpha value is -1.31. The smallest absolute Gasteiger partial charge is 0.260 e. The Kier molecular flexibility index (Phi) is 4.85. The summed E-state index contributed by atoms with van der Waals surface area (Å²) in [5, 5.41) is 6.51.